The molecule has 0 spiro atoms. The van der Waals surface area contributed by atoms with Crippen LogP contribution in [-0.4, -0.2) is 19.5 Å². The molecule has 9 rings (SSSR count). The monoisotopic (exact) mass is 762 g/mol. The van der Waals surface area contributed by atoms with Gasteiger partial charge in [0.1, 0.15) is 0 Å². The molecule has 0 saturated heterocycles. The van der Waals surface area contributed by atoms with E-state index < -0.39 is 23.5 Å². The molecule has 57 heavy (non-hydrogen) atoms. The molecule has 0 atom stereocenters. The minimum atomic E-state index is -5.04. The molecule has 0 aliphatic rings. The van der Waals surface area contributed by atoms with E-state index in [1.54, 1.807) is 12.1 Å². The Balaban J connectivity index is 1.37. The molecule has 2 heterocycles. The summed E-state index contributed by atoms with van der Waals surface area (Å²) in [4.78, 5) is 14.5. The summed E-state index contributed by atoms with van der Waals surface area (Å²) in [5.74, 6) is 1.05. The average Bonchev–Trinajstić information content (AvgIpc) is 3.57. The van der Waals surface area contributed by atoms with E-state index in [4.69, 9.17) is 15.0 Å². The summed E-state index contributed by atoms with van der Waals surface area (Å²) in [6.07, 6.45) is -10.1. The van der Waals surface area contributed by atoms with Gasteiger partial charge in [0.25, 0.3) is 0 Å². The Bertz CT molecular complexity index is 2830. The van der Waals surface area contributed by atoms with Crippen molar-refractivity contribution in [3.05, 3.63) is 181 Å². The predicted octanol–water partition coefficient (Wildman–Crippen LogP) is 13.3. The summed E-state index contributed by atoms with van der Waals surface area (Å²) < 4.78 is 87.7. The third-order valence-corrected chi connectivity index (χ3v) is 9.88. The van der Waals surface area contributed by atoms with Gasteiger partial charge in [0.15, 0.2) is 17.5 Å². The van der Waals surface area contributed by atoms with Crippen molar-refractivity contribution in [2.75, 3.05) is 0 Å². The van der Waals surface area contributed by atoms with Crippen LogP contribution in [-0.2, 0) is 12.4 Å². The average molecular weight is 763 g/mol. The number of aromatic nitrogens is 4. The maximum atomic E-state index is 14.3. The third kappa shape index (κ3) is 6.80. The smallest absolute Gasteiger partial charge is 0.309 e. The quantitative estimate of drug-likeness (QED) is 0.158. The number of hydrogen-bond acceptors (Lipinski definition) is 3. The molecule has 0 unspecified atom stereocenters. The molecule has 0 aliphatic carbocycles. The fourth-order valence-corrected chi connectivity index (χ4v) is 7.19. The summed E-state index contributed by atoms with van der Waals surface area (Å²) in [6, 6.07) is 48.5. The van der Waals surface area contributed by atoms with Crippen LogP contribution >= 0.6 is 0 Å². The van der Waals surface area contributed by atoms with Gasteiger partial charge >= 0.3 is 12.4 Å². The zero-order valence-electron chi connectivity index (χ0n) is 29.7. The van der Waals surface area contributed by atoms with Crippen molar-refractivity contribution in [2.24, 2.45) is 0 Å². The lowest BCUT2D eigenvalue weighted by Crippen LogP contribution is -2.11. The van der Waals surface area contributed by atoms with E-state index in [2.05, 4.69) is 0 Å². The van der Waals surface area contributed by atoms with Gasteiger partial charge < -0.3 is 4.57 Å². The van der Waals surface area contributed by atoms with Crippen molar-refractivity contribution in [1.29, 1.82) is 0 Å². The zero-order chi connectivity index (χ0) is 39.3. The van der Waals surface area contributed by atoms with Crippen molar-refractivity contribution in [1.82, 2.24) is 19.5 Å². The minimum Gasteiger partial charge on any atom is -0.309 e. The van der Waals surface area contributed by atoms with E-state index >= 15 is 0 Å². The maximum absolute atomic E-state index is 14.3. The van der Waals surface area contributed by atoms with Crippen LogP contribution in [0.4, 0.5) is 26.3 Å². The lowest BCUT2D eigenvalue weighted by Gasteiger charge is -2.19. The van der Waals surface area contributed by atoms with E-state index in [1.165, 1.54) is 6.07 Å². The molecule has 0 saturated carbocycles. The molecule has 0 aliphatic heterocycles. The van der Waals surface area contributed by atoms with Gasteiger partial charge in [0, 0.05) is 33.0 Å². The van der Waals surface area contributed by atoms with Gasteiger partial charge in [-0.25, -0.2) is 15.0 Å². The first-order valence-corrected chi connectivity index (χ1v) is 17.9. The number of para-hydroxylation sites is 1. The van der Waals surface area contributed by atoms with Gasteiger partial charge in [-0.1, -0.05) is 133 Å². The van der Waals surface area contributed by atoms with Crippen molar-refractivity contribution < 1.29 is 26.3 Å². The number of fused-ring (bicyclic) bond motifs is 3. The van der Waals surface area contributed by atoms with E-state index in [1.807, 2.05) is 138 Å². The Morgan fingerprint density at radius 1 is 0.351 bits per heavy atom. The highest BCUT2D eigenvalue weighted by atomic mass is 19.4. The SMILES string of the molecule is FC(F)(F)c1cc(-c2ccc(-c3nc(-c4ccccc4)nc(-c4ccccc4)n3)cc2-n2c3ccccc3c3ccc(-c4ccccc4)cc32)cc(C(F)(F)F)c1. The molecular weight excluding hydrogens is 735 g/mol. The lowest BCUT2D eigenvalue weighted by atomic mass is 9.96. The standard InChI is InChI=1S/C47H28F6N4/c48-46(49,50)35-24-34(25-36(28-35)47(51,52)53)37-22-21-33(45-55-43(30-14-6-2-7-15-30)54-44(56-45)31-16-8-3-9-17-31)27-41(37)57-40-19-11-10-18-38(40)39-23-20-32(26-42(39)57)29-12-4-1-5-13-29/h1-28H. The van der Waals surface area contributed by atoms with Crippen molar-refractivity contribution in [2.45, 2.75) is 12.4 Å². The Morgan fingerprint density at radius 2 is 0.825 bits per heavy atom. The molecule has 0 amide bonds. The summed E-state index contributed by atoms with van der Waals surface area (Å²) >= 11 is 0. The summed E-state index contributed by atoms with van der Waals surface area (Å²) in [6.45, 7) is 0. The van der Waals surface area contributed by atoms with Crippen LogP contribution in [0.1, 0.15) is 11.1 Å². The van der Waals surface area contributed by atoms with Crippen LogP contribution in [0.3, 0.4) is 0 Å². The van der Waals surface area contributed by atoms with E-state index in [9.17, 15) is 26.3 Å². The highest BCUT2D eigenvalue weighted by Crippen LogP contribution is 2.43. The van der Waals surface area contributed by atoms with Crippen LogP contribution in [0.25, 0.3) is 83.9 Å². The van der Waals surface area contributed by atoms with Gasteiger partial charge in [0.05, 0.1) is 27.8 Å². The molecule has 2 aromatic heterocycles. The molecule has 4 nitrogen and oxygen atoms in total. The first-order chi connectivity index (χ1) is 27.5. The Morgan fingerprint density at radius 3 is 1.39 bits per heavy atom. The van der Waals surface area contributed by atoms with Crippen LogP contribution < -0.4 is 0 Å². The fraction of sp³-hybridized carbons (Fsp3) is 0.0426. The largest absolute Gasteiger partial charge is 0.416 e. The van der Waals surface area contributed by atoms with Crippen LogP contribution in [0, 0.1) is 0 Å². The number of halogens is 6. The first kappa shape index (κ1) is 35.6. The second-order valence-electron chi connectivity index (χ2n) is 13.5. The van der Waals surface area contributed by atoms with Crippen LogP contribution in [0.15, 0.2) is 170 Å². The number of nitrogens with zero attached hydrogens (tertiary/aromatic N) is 4. The van der Waals surface area contributed by atoms with Gasteiger partial charge in [-0.3, -0.25) is 0 Å². The molecule has 7 aromatic carbocycles. The summed E-state index contributed by atoms with van der Waals surface area (Å²) in [5.41, 5.74) is 2.54. The van der Waals surface area contributed by atoms with Crippen LogP contribution in [0.5, 0.6) is 0 Å². The normalized spacial score (nSPS) is 12.0. The highest BCUT2D eigenvalue weighted by molar-refractivity contribution is 6.11. The summed E-state index contributed by atoms with van der Waals surface area (Å²) in [7, 11) is 0. The summed E-state index contributed by atoms with van der Waals surface area (Å²) in [5, 5.41) is 1.70. The molecule has 0 radical (unpaired) electrons. The third-order valence-electron chi connectivity index (χ3n) is 9.88. The number of alkyl halides is 6. The molecule has 0 fully saturated rings. The van der Waals surface area contributed by atoms with Crippen molar-refractivity contribution in [3.8, 4) is 62.1 Å². The highest BCUT2D eigenvalue weighted by Gasteiger charge is 2.37. The predicted molar refractivity (Wildman–Crippen MR) is 211 cm³/mol. The van der Waals surface area contributed by atoms with E-state index in [0.717, 1.165) is 45.2 Å². The molecule has 9 aromatic rings. The Kier molecular flexibility index (Phi) is 8.69. The number of benzene rings is 7. The van der Waals surface area contributed by atoms with E-state index in [0.29, 0.717) is 33.9 Å². The number of hydrogen-bond donors (Lipinski definition) is 0. The lowest BCUT2D eigenvalue weighted by molar-refractivity contribution is -0.143. The van der Waals surface area contributed by atoms with Crippen molar-refractivity contribution >= 4 is 21.8 Å². The first-order valence-electron chi connectivity index (χ1n) is 17.9. The van der Waals surface area contributed by atoms with Crippen LogP contribution in [0.2, 0.25) is 0 Å². The molecule has 10 heteroatoms. The molecule has 0 bridgehead atoms. The Labute approximate surface area is 322 Å². The number of rotatable bonds is 6. The second kappa shape index (κ2) is 13.9. The van der Waals surface area contributed by atoms with Crippen molar-refractivity contribution in [3.63, 3.8) is 0 Å². The van der Waals surface area contributed by atoms with Gasteiger partial charge in [-0.2, -0.15) is 26.3 Å². The zero-order valence-corrected chi connectivity index (χ0v) is 29.7. The van der Waals surface area contributed by atoms with Gasteiger partial charge in [0.2, 0.25) is 0 Å². The second-order valence-corrected chi connectivity index (χ2v) is 13.5. The van der Waals surface area contributed by atoms with E-state index in [-0.39, 0.29) is 23.0 Å². The Hall–Kier alpha value is -7.07. The topological polar surface area (TPSA) is 43.6 Å². The van der Waals surface area contributed by atoms with Gasteiger partial charge in [-0.15, -0.1) is 0 Å². The molecule has 278 valence electrons. The molecule has 0 N–H and O–H groups in total. The maximum Gasteiger partial charge on any atom is 0.416 e. The minimum absolute atomic E-state index is 0.142. The van der Waals surface area contributed by atoms with Gasteiger partial charge in [-0.05, 0) is 53.1 Å². The molecular formula is C47H28F6N4. The fourth-order valence-electron chi connectivity index (χ4n) is 7.19.